The normalized spacial score (nSPS) is 32.6. The van der Waals surface area contributed by atoms with Gasteiger partial charge >= 0.3 is 0 Å². The molecular weight excluding hydrogens is 192 g/mol. The van der Waals surface area contributed by atoms with Crippen molar-refractivity contribution in [3.05, 3.63) is 11.6 Å². The van der Waals surface area contributed by atoms with E-state index >= 15 is 0 Å². The average Bonchev–Trinajstić information content (AvgIpc) is 2.31. The van der Waals surface area contributed by atoms with E-state index in [1.54, 1.807) is 0 Å². The van der Waals surface area contributed by atoms with Crippen molar-refractivity contribution < 1.29 is 14.9 Å². The van der Waals surface area contributed by atoms with Crippen molar-refractivity contribution in [3.63, 3.8) is 0 Å². The molecule has 1 fully saturated rings. The SMILES string of the molecule is O=C1CCCCC1(OO)C1=CCCCC1. The second-order valence-corrected chi connectivity index (χ2v) is 4.52. The summed E-state index contributed by atoms with van der Waals surface area (Å²) in [6.45, 7) is 0. The van der Waals surface area contributed by atoms with Crippen LogP contribution >= 0.6 is 0 Å². The van der Waals surface area contributed by atoms with E-state index < -0.39 is 5.60 Å². The molecule has 0 spiro atoms. The van der Waals surface area contributed by atoms with Crippen molar-refractivity contribution in [2.75, 3.05) is 0 Å². The molecule has 3 heteroatoms. The number of carbonyl (C=O) groups excluding carboxylic acids is 1. The molecule has 0 aliphatic heterocycles. The molecule has 3 nitrogen and oxygen atoms in total. The van der Waals surface area contributed by atoms with Crippen LogP contribution in [0.1, 0.15) is 51.4 Å². The predicted octanol–water partition coefficient (Wildman–Crippen LogP) is 2.86. The molecule has 0 aromatic carbocycles. The van der Waals surface area contributed by atoms with Gasteiger partial charge in [-0.15, -0.1) is 0 Å². The van der Waals surface area contributed by atoms with Gasteiger partial charge in [-0.05, 0) is 50.5 Å². The Hall–Kier alpha value is -0.670. The van der Waals surface area contributed by atoms with Crippen LogP contribution in [0.3, 0.4) is 0 Å². The molecule has 0 amide bonds. The lowest BCUT2D eigenvalue weighted by Crippen LogP contribution is -2.45. The molecule has 0 heterocycles. The summed E-state index contributed by atoms with van der Waals surface area (Å²) in [5.41, 5.74) is 0.0412. The third-order valence-electron chi connectivity index (χ3n) is 3.60. The smallest absolute Gasteiger partial charge is 0.182 e. The number of carbonyl (C=O) groups is 1. The first kappa shape index (κ1) is 10.8. The van der Waals surface area contributed by atoms with Crippen molar-refractivity contribution in [1.82, 2.24) is 0 Å². The highest BCUT2D eigenvalue weighted by Crippen LogP contribution is 2.38. The standard InChI is InChI=1S/C12H18O3/c13-11-8-4-5-9-12(11,15-14)10-6-2-1-3-7-10/h6,14H,1-5,7-9H2. The lowest BCUT2D eigenvalue weighted by molar-refractivity contribution is -0.304. The topological polar surface area (TPSA) is 46.5 Å². The van der Waals surface area contributed by atoms with Crippen LogP contribution in [0.5, 0.6) is 0 Å². The summed E-state index contributed by atoms with van der Waals surface area (Å²) in [5, 5.41) is 9.10. The first-order valence-corrected chi connectivity index (χ1v) is 5.85. The van der Waals surface area contributed by atoms with Crippen LogP contribution in [0.25, 0.3) is 0 Å². The highest BCUT2D eigenvalue weighted by Gasteiger charge is 2.44. The minimum atomic E-state index is -0.974. The second kappa shape index (κ2) is 4.45. The summed E-state index contributed by atoms with van der Waals surface area (Å²) in [7, 11) is 0. The van der Waals surface area contributed by atoms with Crippen LogP contribution in [-0.2, 0) is 9.68 Å². The fourth-order valence-electron chi connectivity index (χ4n) is 2.70. The van der Waals surface area contributed by atoms with E-state index in [0.29, 0.717) is 12.8 Å². The van der Waals surface area contributed by atoms with E-state index in [9.17, 15) is 4.79 Å². The van der Waals surface area contributed by atoms with Gasteiger partial charge in [0.2, 0.25) is 0 Å². The lowest BCUT2D eigenvalue weighted by Gasteiger charge is -2.35. The molecule has 1 unspecified atom stereocenters. The number of Topliss-reactive ketones (excluding diaryl/α,β-unsaturated/α-hetero) is 1. The summed E-state index contributed by atoms with van der Waals surface area (Å²) < 4.78 is 0. The predicted molar refractivity (Wildman–Crippen MR) is 56.5 cm³/mol. The molecule has 1 saturated carbocycles. The molecule has 84 valence electrons. The minimum absolute atomic E-state index is 0.0596. The Morgan fingerprint density at radius 3 is 2.60 bits per heavy atom. The zero-order valence-electron chi connectivity index (χ0n) is 9.00. The Labute approximate surface area is 90.1 Å². The van der Waals surface area contributed by atoms with E-state index in [1.807, 2.05) is 0 Å². The van der Waals surface area contributed by atoms with Crippen LogP contribution in [0.4, 0.5) is 0 Å². The summed E-state index contributed by atoms with van der Waals surface area (Å²) in [6, 6.07) is 0. The van der Waals surface area contributed by atoms with Gasteiger partial charge in [0.1, 0.15) is 0 Å². The van der Waals surface area contributed by atoms with E-state index in [1.165, 1.54) is 6.42 Å². The third kappa shape index (κ3) is 1.86. The Balaban J connectivity index is 2.25. The van der Waals surface area contributed by atoms with Crippen LogP contribution in [-0.4, -0.2) is 16.6 Å². The monoisotopic (exact) mass is 210 g/mol. The van der Waals surface area contributed by atoms with Crippen LogP contribution < -0.4 is 0 Å². The third-order valence-corrected chi connectivity index (χ3v) is 3.60. The van der Waals surface area contributed by atoms with Gasteiger partial charge in [-0.25, -0.2) is 4.89 Å². The van der Waals surface area contributed by atoms with E-state index in [-0.39, 0.29) is 5.78 Å². The van der Waals surface area contributed by atoms with Gasteiger partial charge in [0, 0.05) is 6.42 Å². The van der Waals surface area contributed by atoms with Gasteiger partial charge < -0.3 is 0 Å². The Morgan fingerprint density at radius 2 is 2.00 bits per heavy atom. The maximum Gasteiger partial charge on any atom is 0.182 e. The first-order chi connectivity index (χ1) is 7.29. The largest absolute Gasteiger partial charge is 0.296 e. The molecule has 0 bridgehead atoms. The highest BCUT2D eigenvalue weighted by molar-refractivity contribution is 5.91. The molecule has 1 atom stereocenters. The van der Waals surface area contributed by atoms with Gasteiger partial charge in [0.15, 0.2) is 11.4 Å². The van der Waals surface area contributed by atoms with Gasteiger partial charge in [-0.3, -0.25) is 10.1 Å². The van der Waals surface area contributed by atoms with Gasteiger partial charge in [0.05, 0.1) is 0 Å². The number of ketones is 1. The molecule has 2 aliphatic rings. The van der Waals surface area contributed by atoms with Gasteiger partial charge in [0.25, 0.3) is 0 Å². The number of rotatable bonds is 2. The maximum absolute atomic E-state index is 11.9. The van der Waals surface area contributed by atoms with E-state index in [2.05, 4.69) is 11.0 Å². The van der Waals surface area contributed by atoms with Crippen molar-refractivity contribution in [2.45, 2.75) is 57.0 Å². The first-order valence-electron chi connectivity index (χ1n) is 5.85. The summed E-state index contributed by atoms with van der Waals surface area (Å²) in [6.07, 6.45) is 9.35. The van der Waals surface area contributed by atoms with Crippen LogP contribution in [0, 0.1) is 0 Å². The van der Waals surface area contributed by atoms with Crippen molar-refractivity contribution in [2.24, 2.45) is 0 Å². The Morgan fingerprint density at radius 1 is 1.20 bits per heavy atom. The number of hydrogen-bond donors (Lipinski definition) is 1. The zero-order valence-corrected chi connectivity index (χ0v) is 9.00. The molecule has 1 N–H and O–H groups in total. The molecule has 2 aliphatic carbocycles. The summed E-state index contributed by atoms with van der Waals surface area (Å²) in [5.74, 6) is 0.0596. The van der Waals surface area contributed by atoms with Gasteiger partial charge in [-0.2, -0.15) is 0 Å². The molecule has 0 saturated heterocycles. The van der Waals surface area contributed by atoms with Crippen molar-refractivity contribution in [1.29, 1.82) is 0 Å². The van der Waals surface area contributed by atoms with E-state index in [4.69, 9.17) is 5.26 Å². The lowest BCUT2D eigenvalue weighted by atomic mass is 9.75. The fraction of sp³-hybridized carbons (Fsp3) is 0.750. The molecule has 0 aromatic heterocycles. The molecule has 0 radical (unpaired) electrons. The summed E-state index contributed by atoms with van der Waals surface area (Å²) in [4.78, 5) is 16.5. The fourth-order valence-corrected chi connectivity index (χ4v) is 2.70. The van der Waals surface area contributed by atoms with Crippen LogP contribution in [0.2, 0.25) is 0 Å². The molecule has 0 aromatic rings. The van der Waals surface area contributed by atoms with Crippen LogP contribution in [0.15, 0.2) is 11.6 Å². The Kier molecular flexibility index (Phi) is 3.22. The van der Waals surface area contributed by atoms with Gasteiger partial charge in [-0.1, -0.05) is 6.08 Å². The average molecular weight is 210 g/mol. The summed E-state index contributed by atoms with van der Waals surface area (Å²) >= 11 is 0. The highest BCUT2D eigenvalue weighted by atomic mass is 17.1. The minimum Gasteiger partial charge on any atom is -0.296 e. The number of hydrogen-bond acceptors (Lipinski definition) is 3. The Bertz CT molecular complexity index is 283. The number of allylic oxidation sites excluding steroid dienone is 1. The zero-order chi connectivity index (χ0) is 10.7. The van der Waals surface area contributed by atoms with Crippen molar-refractivity contribution >= 4 is 5.78 Å². The second-order valence-electron chi connectivity index (χ2n) is 4.52. The molecule has 2 rings (SSSR count). The molecule has 15 heavy (non-hydrogen) atoms. The maximum atomic E-state index is 11.9. The van der Waals surface area contributed by atoms with E-state index in [0.717, 1.165) is 37.7 Å². The van der Waals surface area contributed by atoms with Crippen molar-refractivity contribution in [3.8, 4) is 0 Å². The quantitative estimate of drug-likeness (QED) is 0.433. The molecular formula is C12H18O3.